The van der Waals surface area contributed by atoms with E-state index in [0.29, 0.717) is 16.8 Å². The van der Waals surface area contributed by atoms with Crippen molar-refractivity contribution in [3.63, 3.8) is 0 Å². The van der Waals surface area contributed by atoms with Crippen LogP contribution in [0.2, 0.25) is 0 Å². The summed E-state index contributed by atoms with van der Waals surface area (Å²) in [5.41, 5.74) is 3.40. The first-order valence-electron chi connectivity index (χ1n) is 6.56. The van der Waals surface area contributed by atoms with E-state index in [9.17, 15) is 9.59 Å². The minimum Gasteiger partial charge on any atom is -0.300 e. The summed E-state index contributed by atoms with van der Waals surface area (Å²) >= 11 is 0. The van der Waals surface area contributed by atoms with Crippen LogP contribution in [0, 0.1) is 18.3 Å². The third-order valence-electron chi connectivity index (χ3n) is 3.52. The average Bonchev–Trinajstić information content (AvgIpc) is 2.72. The molecule has 0 aliphatic carbocycles. The van der Waals surface area contributed by atoms with Gasteiger partial charge in [-0.3, -0.25) is 9.59 Å². The molecular weight excluding hydrogens is 264 g/mol. The molecule has 0 radical (unpaired) electrons. The van der Waals surface area contributed by atoms with Gasteiger partial charge in [-0.25, -0.2) is 0 Å². The maximum atomic E-state index is 12.1. The van der Waals surface area contributed by atoms with E-state index in [1.807, 2.05) is 19.1 Å². The number of nitriles is 1. The zero-order valence-electron chi connectivity index (χ0n) is 11.5. The van der Waals surface area contributed by atoms with Gasteiger partial charge in [0.2, 0.25) is 0 Å². The van der Waals surface area contributed by atoms with Gasteiger partial charge in [0.15, 0.2) is 0 Å². The minimum atomic E-state index is -0.516. The molecule has 0 spiro atoms. The molecule has 3 rings (SSSR count). The van der Waals surface area contributed by atoms with Crippen LogP contribution < -0.4 is 4.90 Å². The van der Waals surface area contributed by atoms with Crippen molar-refractivity contribution in [1.82, 2.24) is 0 Å². The fourth-order valence-corrected chi connectivity index (χ4v) is 2.49. The first-order chi connectivity index (χ1) is 10.1. The molecule has 4 heteroatoms. The molecule has 21 heavy (non-hydrogen) atoms. The van der Waals surface area contributed by atoms with Gasteiger partial charge in [-0.2, -0.15) is 5.26 Å². The Hall–Kier alpha value is -2.93. The fourth-order valence-electron chi connectivity index (χ4n) is 2.49. The lowest BCUT2D eigenvalue weighted by atomic mass is 10.1. The Morgan fingerprint density at radius 1 is 1.14 bits per heavy atom. The zero-order chi connectivity index (χ0) is 15.0. The summed E-state index contributed by atoms with van der Waals surface area (Å²) in [4.78, 5) is 25.6. The summed E-state index contributed by atoms with van der Waals surface area (Å²) in [6, 6.07) is 14.5. The molecule has 1 aliphatic rings. The van der Waals surface area contributed by atoms with Gasteiger partial charge in [-0.15, -0.1) is 0 Å². The van der Waals surface area contributed by atoms with Gasteiger partial charge in [-0.05, 0) is 36.8 Å². The number of anilines is 1. The highest BCUT2D eigenvalue weighted by Gasteiger charge is 2.35. The molecule has 0 fully saturated rings. The zero-order valence-corrected chi connectivity index (χ0v) is 11.5. The van der Waals surface area contributed by atoms with Crippen LogP contribution in [0.25, 0.3) is 0 Å². The van der Waals surface area contributed by atoms with E-state index in [1.165, 1.54) is 4.90 Å². The summed E-state index contributed by atoms with van der Waals surface area (Å²) in [6.45, 7) is 2.17. The molecule has 0 N–H and O–H groups in total. The summed E-state index contributed by atoms with van der Waals surface area (Å²) in [6.07, 6.45) is 0. The van der Waals surface area contributed by atoms with E-state index in [2.05, 4.69) is 6.07 Å². The number of hydrogen-bond donors (Lipinski definition) is 0. The normalized spacial score (nSPS) is 13.2. The number of aryl methyl sites for hydroxylation is 1. The molecule has 2 aromatic rings. The topological polar surface area (TPSA) is 61.2 Å². The molecular formula is C17H12N2O2. The van der Waals surface area contributed by atoms with Crippen molar-refractivity contribution >= 4 is 17.4 Å². The predicted octanol–water partition coefficient (Wildman–Crippen LogP) is 2.60. The molecule has 0 saturated carbocycles. The van der Waals surface area contributed by atoms with Crippen LogP contribution in [0.4, 0.5) is 5.69 Å². The number of benzene rings is 2. The second-order valence-corrected chi connectivity index (χ2v) is 5.05. The third kappa shape index (κ3) is 2.19. The van der Waals surface area contributed by atoms with Crippen LogP contribution in [-0.2, 0) is 11.3 Å². The highest BCUT2D eigenvalue weighted by Crippen LogP contribution is 2.31. The highest BCUT2D eigenvalue weighted by molar-refractivity contribution is 6.52. The quantitative estimate of drug-likeness (QED) is 0.792. The lowest BCUT2D eigenvalue weighted by Crippen LogP contribution is -2.29. The number of hydrogen-bond acceptors (Lipinski definition) is 3. The summed E-state index contributed by atoms with van der Waals surface area (Å²) < 4.78 is 0. The second kappa shape index (κ2) is 4.88. The molecule has 1 heterocycles. The van der Waals surface area contributed by atoms with Crippen molar-refractivity contribution in [2.75, 3.05) is 4.90 Å². The number of carbonyl (C=O) groups excluding carboxylic acids is 2. The predicted molar refractivity (Wildman–Crippen MR) is 77.9 cm³/mol. The lowest BCUT2D eigenvalue weighted by Gasteiger charge is -2.16. The molecule has 0 unspecified atom stereocenters. The van der Waals surface area contributed by atoms with Crippen molar-refractivity contribution in [1.29, 1.82) is 5.26 Å². The summed E-state index contributed by atoms with van der Waals surface area (Å²) in [7, 11) is 0. The number of nitrogens with zero attached hydrogens (tertiary/aromatic N) is 2. The number of Topliss-reactive ketones (excluding diaryl/α,β-unsaturated/α-hetero) is 1. The minimum absolute atomic E-state index is 0.288. The molecule has 4 nitrogen and oxygen atoms in total. The first-order valence-corrected chi connectivity index (χ1v) is 6.56. The van der Waals surface area contributed by atoms with E-state index >= 15 is 0 Å². The molecule has 1 amide bonds. The van der Waals surface area contributed by atoms with E-state index < -0.39 is 11.7 Å². The number of carbonyl (C=O) groups is 2. The SMILES string of the molecule is Cc1ccc2c(c1)C(=O)C(=O)N2Cc1cccc(C#N)c1. The van der Waals surface area contributed by atoms with Gasteiger partial charge in [0, 0.05) is 0 Å². The number of rotatable bonds is 2. The smallest absolute Gasteiger partial charge is 0.299 e. The van der Waals surface area contributed by atoms with Crippen molar-refractivity contribution in [3.8, 4) is 6.07 Å². The Balaban J connectivity index is 1.99. The number of amides is 1. The van der Waals surface area contributed by atoms with Gasteiger partial charge >= 0.3 is 0 Å². The van der Waals surface area contributed by atoms with Crippen LogP contribution in [0.1, 0.15) is 27.0 Å². The summed E-state index contributed by atoms with van der Waals surface area (Å²) in [5, 5.41) is 8.92. The van der Waals surface area contributed by atoms with Gasteiger partial charge in [0.05, 0.1) is 29.4 Å². The van der Waals surface area contributed by atoms with Gasteiger partial charge in [0.25, 0.3) is 11.7 Å². The highest BCUT2D eigenvalue weighted by atomic mass is 16.2. The molecule has 0 aromatic heterocycles. The third-order valence-corrected chi connectivity index (χ3v) is 3.52. The van der Waals surface area contributed by atoms with Gasteiger partial charge in [0.1, 0.15) is 0 Å². The molecule has 0 saturated heterocycles. The molecule has 0 atom stereocenters. The first kappa shape index (κ1) is 13.1. The molecule has 2 aromatic carbocycles. The Kier molecular flexibility index (Phi) is 3.03. The average molecular weight is 276 g/mol. The Morgan fingerprint density at radius 2 is 1.95 bits per heavy atom. The van der Waals surface area contributed by atoms with E-state index in [4.69, 9.17) is 5.26 Å². The van der Waals surface area contributed by atoms with Crippen LogP contribution >= 0.6 is 0 Å². The monoisotopic (exact) mass is 276 g/mol. The van der Waals surface area contributed by atoms with Crippen LogP contribution in [0.15, 0.2) is 42.5 Å². The van der Waals surface area contributed by atoms with E-state index in [1.54, 1.807) is 30.3 Å². The van der Waals surface area contributed by atoms with E-state index in [-0.39, 0.29) is 6.54 Å². The second-order valence-electron chi connectivity index (χ2n) is 5.05. The molecule has 0 bridgehead atoms. The van der Waals surface area contributed by atoms with Gasteiger partial charge in [-0.1, -0.05) is 23.8 Å². The summed E-state index contributed by atoms with van der Waals surface area (Å²) in [5.74, 6) is -0.983. The van der Waals surface area contributed by atoms with Crippen LogP contribution in [0.5, 0.6) is 0 Å². The lowest BCUT2D eigenvalue weighted by molar-refractivity contribution is -0.114. The van der Waals surface area contributed by atoms with Gasteiger partial charge < -0.3 is 4.90 Å². The largest absolute Gasteiger partial charge is 0.300 e. The maximum Gasteiger partial charge on any atom is 0.299 e. The Morgan fingerprint density at radius 3 is 2.71 bits per heavy atom. The molecule has 102 valence electrons. The maximum absolute atomic E-state index is 12.1. The fraction of sp³-hybridized carbons (Fsp3) is 0.118. The van der Waals surface area contributed by atoms with Crippen molar-refractivity contribution in [2.45, 2.75) is 13.5 Å². The Labute approximate surface area is 122 Å². The van der Waals surface area contributed by atoms with Crippen molar-refractivity contribution in [3.05, 3.63) is 64.7 Å². The van der Waals surface area contributed by atoms with Crippen molar-refractivity contribution in [2.24, 2.45) is 0 Å². The van der Waals surface area contributed by atoms with Crippen molar-refractivity contribution < 1.29 is 9.59 Å². The van der Waals surface area contributed by atoms with Crippen LogP contribution in [-0.4, -0.2) is 11.7 Å². The number of ketones is 1. The standard InChI is InChI=1S/C17H12N2O2/c1-11-5-6-15-14(7-11)16(20)17(21)19(15)10-13-4-2-3-12(8-13)9-18/h2-8H,10H2,1H3. The Bertz CT molecular complexity index is 803. The van der Waals surface area contributed by atoms with E-state index in [0.717, 1.165) is 11.1 Å². The number of fused-ring (bicyclic) bond motifs is 1. The van der Waals surface area contributed by atoms with Crippen LogP contribution in [0.3, 0.4) is 0 Å². The molecule has 1 aliphatic heterocycles.